The van der Waals surface area contributed by atoms with Crippen molar-refractivity contribution in [3.8, 4) is 0 Å². The van der Waals surface area contributed by atoms with Crippen LogP contribution in [0.15, 0.2) is 0 Å². The quantitative estimate of drug-likeness (QED) is 0.178. The average molecular weight is 456 g/mol. The molecule has 0 aliphatic heterocycles. The number of ether oxygens (including phenoxy) is 3. The third kappa shape index (κ3) is 11.9. The summed E-state index contributed by atoms with van der Waals surface area (Å²) in [7, 11) is -3.93. The van der Waals surface area contributed by atoms with Gasteiger partial charge >= 0.3 is 12.1 Å². The van der Waals surface area contributed by atoms with E-state index in [0.717, 1.165) is 0 Å². The highest BCUT2D eigenvalue weighted by molar-refractivity contribution is 7.86. The minimum Gasteiger partial charge on any atom is -0.431 e. The first-order valence-electron chi connectivity index (χ1n) is 9.57. The Balaban J connectivity index is 4.70. The van der Waals surface area contributed by atoms with Crippen LogP contribution in [0.4, 0.5) is 4.79 Å². The van der Waals surface area contributed by atoms with Gasteiger partial charge in [-0.1, -0.05) is 20.8 Å². The number of hydrogen-bond donors (Lipinski definition) is 2. The summed E-state index contributed by atoms with van der Waals surface area (Å²) in [6.45, 7) is 8.67. The molecule has 0 bridgehead atoms. The minimum absolute atomic E-state index is 0.116. The first-order chi connectivity index (χ1) is 13.7. The summed E-state index contributed by atoms with van der Waals surface area (Å²) in [6, 6.07) is 0. The van der Waals surface area contributed by atoms with Crippen LogP contribution in [0.3, 0.4) is 0 Å². The second kappa shape index (κ2) is 12.7. The predicted molar refractivity (Wildman–Crippen MR) is 106 cm³/mol. The topological polar surface area (TPSA) is 155 Å². The van der Waals surface area contributed by atoms with E-state index in [1.807, 2.05) is 0 Å². The lowest BCUT2D eigenvalue weighted by Gasteiger charge is -2.29. The van der Waals surface area contributed by atoms with Crippen molar-refractivity contribution < 1.29 is 46.3 Å². The van der Waals surface area contributed by atoms with Crippen molar-refractivity contribution in [1.82, 2.24) is 5.32 Å². The normalized spacial score (nSPS) is 14.0. The molecule has 2 N–H and O–H groups in total. The first-order valence-corrected chi connectivity index (χ1v) is 11.1. The van der Waals surface area contributed by atoms with E-state index >= 15 is 0 Å². The summed E-state index contributed by atoms with van der Waals surface area (Å²) in [6.07, 6.45) is -4.20. The fourth-order valence-corrected chi connectivity index (χ4v) is 3.02. The van der Waals surface area contributed by atoms with E-state index in [1.165, 1.54) is 20.8 Å². The number of aliphatic hydroxyl groups excluding tert-OH is 1. The molecule has 1 amide bonds. The van der Waals surface area contributed by atoms with Gasteiger partial charge in [-0.25, -0.2) is 9.59 Å². The van der Waals surface area contributed by atoms with Crippen molar-refractivity contribution in [3.63, 3.8) is 0 Å². The van der Waals surface area contributed by atoms with Gasteiger partial charge in [-0.15, -0.1) is 0 Å². The molecular weight excluding hydrogens is 422 g/mol. The van der Waals surface area contributed by atoms with E-state index in [-0.39, 0.29) is 31.0 Å². The lowest BCUT2D eigenvalue weighted by atomic mass is 9.88. The van der Waals surface area contributed by atoms with Crippen LogP contribution in [0.5, 0.6) is 0 Å². The first kappa shape index (κ1) is 28.1. The van der Waals surface area contributed by atoms with Crippen LogP contribution in [0.1, 0.15) is 54.4 Å². The Morgan fingerprint density at radius 1 is 1.10 bits per heavy atom. The Hall–Kier alpha value is -1.92. The van der Waals surface area contributed by atoms with Gasteiger partial charge in [0.1, 0.15) is 0 Å². The number of carbonyl (C=O) groups is 3. The van der Waals surface area contributed by atoms with Crippen molar-refractivity contribution in [3.05, 3.63) is 0 Å². The molecule has 0 fully saturated rings. The van der Waals surface area contributed by atoms with Crippen LogP contribution in [0.25, 0.3) is 0 Å². The number of rotatable bonds is 13. The maximum atomic E-state index is 12.2. The van der Waals surface area contributed by atoms with E-state index < -0.39 is 52.8 Å². The van der Waals surface area contributed by atoms with Crippen molar-refractivity contribution >= 4 is 28.1 Å². The summed E-state index contributed by atoms with van der Waals surface area (Å²) >= 11 is 0. The van der Waals surface area contributed by atoms with Gasteiger partial charge < -0.3 is 24.6 Å². The van der Waals surface area contributed by atoms with Gasteiger partial charge in [0.05, 0.1) is 18.5 Å². The van der Waals surface area contributed by atoms with Gasteiger partial charge in [0.25, 0.3) is 16.4 Å². The standard InChI is InChI=1S/C18H33NO10S/c1-7-14(29-17(23)27-12(2)3)28-16(22)15(21)18(5,6)11-26-30(24,25)10-8-9-19-13(4)20/h12,14-15,21H,7-11H2,1-6H3,(H,19,20)/t14?,15-/m0/s1. The van der Waals surface area contributed by atoms with Gasteiger partial charge in [0, 0.05) is 25.3 Å². The molecular formula is C18H33NO10S. The van der Waals surface area contributed by atoms with Gasteiger partial charge in [-0.05, 0) is 20.3 Å². The molecule has 0 aliphatic carbocycles. The lowest BCUT2D eigenvalue weighted by molar-refractivity contribution is -0.188. The van der Waals surface area contributed by atoms with E-state index in [1.54, 1.807) is 20.8 Å². The zero-order valence-electron chi connectivity index (χ0n) is 18.3. The zero-order chi connectivity index (χ0) is 23.5. The Kier molecular flexibility index (Phi) is 11.9. The second-order valence-corrected chi connectivity index (χ2v) is 9.32. The smallest absolute Gasteiger partial charge is 0.431 e. The van der Waals surface area contributed by atoms with Crippen LogP contribution in [0.2, 0.25) is 0 Å². The summed E-state index contributed by atoms with van der Waals surface area (Å²) in [5, 5.41) is 12.7. The summed E-state index contributed by atoms with van der Waals surface area (Å²) in [5.41, 5.74) is -1.32. The summed E-state index contributed by atoms with van der Waals surface area (Å²) < 4.78 is 43.4. The van der Waals surface area contributed by atoms with E-state index in [9.17, 15) is 27.9 Å². The van der Waals surface area contributed by atoms with Crippen LogP contribution in [-0.2, 0) is 38.1 Å². The SMILES string of the molecule is CCC(OC(=O)OC(C)C)OC(=O)[C@H](O)C(C)(C)COS(=O)(=O)CCCNC(C)=O. The molecule has 0 rings (SSSR count). The molecule has 0 aromatic carbocycles. The molecule has 0 radical (unpaired) electrons. The minimum atomic E-state index is -3.93. The molecule has 0 aliphatic rings. The highest BCUT2D eigenvalue weighted by Gasteiger charge is 2.38. The van der Waals surface area contributed by atoms with Gasteiger partial charge in [0.15, 0.2) is 6.10 Å². The molecule has 0 aromatic heterocycles. The molecule has 0 saturated heterocycles. The fourth-order valence-electron chi connectivity index (χ4n) is 1.92. The molecule has 2 atom stereocenters. The third-order valence-corrected chi connectivity index (χ3v) is 4.93. The Morgan fingerprint density at radius 3 is 2.20 bits per heavy atom. The molecule has 0 saturated carbocycles. The summed E-state index contributed by atoms with van der Waals surface area (Å²) in [5.74, 6) is -1.72. The second-order valence-electron chi connectivity index (χ2n) is 7.56. The number of nitrogens with one attached hydrogen (secondary N) is 1. The van der Waals surface area contributed by atoms with Crippen molar-refractivity contribution in [2.24, 2.45) is 5.41 Å². The molecule has 0 heterocycles. The van der Waals surface area contributed by atoms with Gasteiger partial charge in [0.2, 0.25) is 5.91 Å². The molecule has 1 unspecified atom stereocenters. The molecule has 11 nitrogen and oxygen atoms in total. The Labute approximate surface area is 177 Å². The maximum absolute atomic E-state index is 12.2. The number of hydrogen-bond acceptors (Lipinski definition) is 10. The Bertz CT molecular complexity index is 674. The van der Waals surface area contributed by atoms with E-state index in [2.05, 4.69) is 5.32 Å². The number of amides is 1. The largest absolute Gasteiger partial charge is 0.511 e. The average Bonchev–Trinajstić information content (AvgIpc) is 2.61. The predicted octanol–water partition coefficient (Wildman–Crippen LogP) is 1.09. The van der Waals surface area contributed by atoms with Crippen molar-refractivity contribution in [1.29, 1.82) is 0 Å². The van der Waals surface area contributed by atoms with Gasteiger partial charge in [-0.3, -0.25) is 8.98 Å². The third-order valence-electron chi connectivity index (χ3n) is 3.66. The number of aliphatic hydroxyl groups is 1. The fraction of sp³-hybridized carbons (Fsp3) is 0.833. The molecule has 176 valence electrons. The highest BCUT2D eigenvalue weighted by atomic mass is 32.2. The molecule has 0 aromatic rings. The molecule has 12 heteroatoms. The summed E-state index contributed by atoms with van der Waals surface area (Å²) in [4.78, 5) is 34.5. The highest BCUT2D eigenvalue weighted by Crippen LogP contribution is 2.24. The number of carbonyl (C=O) groups excluding carboxylic acids is 3. The van der Waals surface area contributed by atoms with Crippen LogP contribution >= 0.6 is 0 Å². The van der Waals surface area contributed by atoms with Crippen molar-refractivity contribution in [2.75, 3.05) is 18.9 Å². The van der Waals surface area contributed by atoms with Crippen molar-refractivity contribution in [2.45, 2.75) is 72.9 Å². The van der Waals surface area contributed by atoms with Crippen LogP contribution < -0.4 is 5.32 Å². The van der Waals surface area contributed by atoms with E-state index in [4.69, 9.17) is 18.4 Å². The monoisotopic (exact) mass is 455 g/mol. The van der Waals surface area contributed by atoms with Gasteiger partial charge in [-0.2, -0.15) is 8.42 Å². The maximum Gasteiger partial charge on any atom is 0.511 e. The Morgan fingerprint density at radius 2 is 1.70 bits per heavy atom. The number of esters is 1. The van der Waals surface area contributed by atoms with E-state index in [0.29, 0.717) is 0 Å². The molecule has 30 heavy (non-hydrogen) atoms. The lowest BCUT2D eigenvalue weighted by Crippen LogP contribution is -2.43. The van der Waals surface area contributed by atoms with Crippen LogP contribution in [-0.4, -0.2) is 69.0 Å². The zero-order valence-corrected chi connectivity index (χ0v) is 19.1. The molecule has 0 spiro atoms. The van der Waals surface area contributed by atoms with Crippen LogP contribution in [0, 0.1) is 5.41 Å².